The van der Waals surface area contributed by atoms with Crippen LogP contribution in [0.3, 0.4) is 0 Å². The third-order valence-corrected chi connectivity index (χ3v) is 6.38. The molecule has 1 aliphatic heterocycles. The Morgan fingerprint density at radius 1 is 1.24 bits per heavy atom. The molecule has 4 heterocycles. The number of likely N-dealkylation sites (N-methyl/N-ethyl adjacent to an activating group) is 1. The van der Waals surface area contributed by atoms with Crippen molar-refractivity contribution in [3.63, 3.8) is 0 Å². The maximum Gasteiger partial charge on any atom is 0.281 e. The van der Waals surface area contributed by atoms with E-state index in [-0.39, 0.29) is 11.7 Å². The molecule has 0 bridgehead atoms. The number of halogens is 2. The number of nitrogens with zero attached hydrogens (tertiary/aromatic N) is 7. The third kappa shape index (κ3) is 3.77. The van der Waals surface area contributed by atoms with Crippen molar-refractivity contribution in [3.8, 4) is 11.5 Å². The lowest BCUT2D eigenvalue weighted by Crippen LogP contribution is -2.38. The zero-order valence-corrected chi connectivity index (χ0v) is 16.6. The lowest BCUT2D eigenvalue weighted by molar-refractivity contribution is 0.145. The number of alkyl halides is 2. The summed E-state index contributed by atoms with van der Waals surface area (Å²) in [6.07, 6.45) is 4.77. The van der Waals surface area contributed by atoms with Crippen LogP contribution in [0.25, 0.3) is 17.2 Å². The third-order valence-electron chi connectivity index (χ3n) is 5.03. The van der Waals surface area contributed by atoms with Gasteiger partial charge < -0.3 is 4.90 Å². The van der Waals surface area contributed by atoms with Gasteiger partial charge >= 0.3 is 0 Å². The van der Waals surface area contributed by atoms with Gasteiger partial charge in [0.2, 0.25) is 10.0 Å². The average Bonchev–Trinajstić information content (AvgIpc) is 3.33. The first-order valence-corrected chi connectivity index (χ1v) is 10.7. The summed E-state index contributed by atoms with van der Waals surface area (Å²) in [7, 11) is -1.70. The van der Waals surface area contributed by atoms with Crippen molar-refractivity contribution in [2.24, 2.45) is 0 Å². The van der Waals surface area contributed by atoms with Crippen LogP contribution < -0.4 is 4.90 Å². The van der Waals surface area contributed by atoms with Crippen LogP contribution in [0.5, 0.6) is 0 Å². The summed E-state index contributed by atoms with van der Waals surface area (Å²) in [5, 5.41) is 0. The summed E-state index contributed by atoms with van der Waals surface area (Å²) < 4.78 is 52.4. The molecule has 0 aliphatic carbocycles. The van der Waals surface area contributed by atoms with Crippen molar-refractivity contribution in [3.05, 3.63) is 36.5 Å². The van der Waals surface area contributed by atoms with Gasteiger partial charge in [0.25, 0.3) is 6.43 Å². The van der Waals surface area contributed by atoms with Gasteiger partial charge in [0.15, 0.2) is 11.5 Å². The molecule has 1 atom stereocenters. The highest BCUT2D eigenvalue weighted by Gasteiger charge is 2.31. The number of aromatic nitrogens is 5. The molecular formula is C17H19F2N7O2S. The molecular weight excluding hydrogens is 404 g/mol. The summed E-state index contributed by atoms with van der Waals surface area (Å²) in [6.45, 7) is 1.15. The lowest BCUT2D eigenvalue weighted by atomic mass is 10.3. The van der Waals surface area contributed by atoms with E-state index in [0.717, 1.165) is 0 Å². The topological polar surface area (TPSA) is 96.6 Å². The molecule has 3 aromatic heterocycles. The molecule has 4 rings (SSSR count). The SMILES string of the molecule is CN([C@H]1CCN(c2ccnc(-c3cnc4cnc(C(F)F)cn34)n2)C1)S(C)(=O)=O. The normalized spacial score (nSPS) is 17.7. The van der Waals surface area contributed by atoms with E-state index >= 15 is 0 Å². The molecule has 0 spiro atoms. The monoisotopic (exact) mass is 423 g/mol. The van der Waals surface area contributed by atoms with E-state index in [1.54, 1.807) is 19.3 Å². The minimum atomic E-state index is -3.28. The number of rotatable bonds is 5. The van der Waals surface area contributed by atoms with E-state index in [0.29, 0.717) is 42.5 Å². The van der Waals surface area contributed by atoms with E-state index in [2.05, 4.69) is 19.9 Å². The van der Waals surface area contributed by atoms with Crippen LogP contribution >= 0.6 is 0 Å². The highest BCUT2D eigenvalue weighted by atomic mass is 32.2. The largest absolute Gasteiger partial charge is 0.355 e. The Kier molecular flexibility index (Phi) is 4.90. The van der Waals surface area contributed by atoms with Gasteiger partial charge in [-0.25, -0.2) is 41.4 Å². The molecule has 1 fully saturated rings. The van der Waals surface area contributed by atoms with E-state index in [1.807, 2.05) is 4.90 Å². The van der Waals surface area contributed by atoms with Crippen molar-refractivity contribution in [2.75, 3.05) is 31.3 Å². The summed E-state index contributed by atoms with van der Waals surface area (Å²) in [5.41, 5.74) is 0.517. The second kappa shape index (κ2) is 7.26. The summed E-state index contributed by atoms with van der Waals surface area (Å²) in [5.74, 6) is 0.971. The zero-order valence-electron chi connectivity index (χ0n) is 15.8. The molecule has 0 aromatic carbocycles. The Morgan fingerprint density at radius 2 is 2.03 bits per heavy atom. The van der Waals surface area contributed by atoms with E-state index in [9.17, 15) is 17.2 Å². The van der Waals surface area contributed by atoms with Gasteiger partial charge in [-0.2, -0.15) is 0 Å². The van der Waals surface area contributed by atoms with Crippen molar-refractivity contribution < 1.29 is 17.2 Å². The van der Waals surface area contributed by atoms with Gasteiger partial charge in [0.1, 0.15) is 17.2 Å². The minimum absolute atomic E-state index is 0.140. The fraction of sp³-hybridized carbons (Fsp3) is 0.412. The molecule has 0 unspecified atom stereocenters. The molecule has 0 N–H and O–H groups in total. The first kappa shape index (κ1) is 19.6. The molecule has 0 saturated carbocycles. The van der Waals surface area contributed by atoms with Crippen molar-refractivity contribution in [2.45, 2.75) is 18.9 Å². The van der Waals surface area contributed by atoms with Crippen LogP contribution in [-0.4, -0.2) is 69.5 Å². The fourth-order valence-electron chi connectivity index (χ4n) is 3.35. The Hall–Kier alpha value is -2.73. The fourth-order valence-corrected chi connectivity index (χ4v) is 4.06. The maximum absolute atomic E-state index is 13.0. The highest BCUT2D eigenvalue weighted by molar-refractivity contribution is 7.88. The first-order valence-electron chi connectivity index (χ1n) is 8.86. The number of anilines is 1. The average molecular weight is 423 g/mol. The summed E-state index contributed by atoms with van der Waals surface area (Å²) in [4.78, 5) is 18.7. The number of fused-ring (bicyclic) bond motifs is 1. The molecule has 1 aliphatic rings. The first-order chi connectivity index (χ1) is 13.7. The zero-order chi connectivity index (χ0) is 20.8. The molecule has 29 heavy (non-hydrogen) atoms. The number of imidazole rings is 1. The van der Waals surface area contributed by atoms with Crippen LogP contribution in [0.15, 0.2) is 30.9 Å². The molecule has 154 valence electrons. The lowest BCUT2D eigenvalue weighted by Gasteiger charge is -2.23. The van der Waals surface area contributed by atoms with Crippen LogP contribution in [0.4, 0.5) is 14.6 Å². The standard InChI is InChI=1S/C17H19F2N7O2S/c1-24(29(2,27)28)11-4-6-25(9-11)14-3-5-20-17(23-14)13-7-22-15-8-21-12(16(18)19)10-26(13)15/h3,5,7-8,10-11,16H,4,6,9H2,1-2H3/t11-/m0/s1. The van der Waals surface area contributed by atoms with Crippen LogP contribution in [0.1, 0.15) is 18.5 Å². The van der Waals surface area contributed by atoms with Gasteiger partial charge in [-0.05, 0) is 12.5 Å². The minimum Gasteiger partial charge on any atom is -0.355 e. The second-order valence-corrected chi connectivity index (χ2v) is 8.93. The highest BCUT2D eigenvalue weighted by Crippen LogP contribution is 2.25. The summed E-state index contributed by atoms with van der Waals surface area (Å²) in [6, 6.07) is 1.60. The number of hydrogen-bond acceptors (Lipinski definition) is 7. The molecule has 3 aromatic rings. The van der Waals surface area contributed by atoms with Gasteiger partial charge in [0.05, 0.1) is 18.6 Å². The predicted molar refractivity (Wildman–Crippen MR) is 102 cm³/mol. The van der Waals surface area contributed by atoms with Crippen LogP contribution in [-0.2, 0) is 10.0 Å². The van der Waals surface area contributed by atoms with E-state index in [1.165, 1.54) is 33.6 Å². The van der Waals surface area contributed by atoms with E-state index < -0.39 is 16.4 Å². The van der Waals surface area contributed by atoms with Crippen molar-refractivity contribution >= 4 is 21.5 Å². The molecule has 0 amide bonds. The van der Waals surface area contributed by atoms with Crippen LogP contribution in [0.2, 0.25) is 0 Å². The molecule has 0 radical (unpaired) electrons. The Labute approximate surface area is 166 Å². The second-order valence-electron chi connectivity index (χ2n) is 6.89. The van der Waals surface area contributed by atoms with Crippen molar-refractivity contribution in [1.82, 2.24) is 28.6 Å². The Balaban J connectivity index is 1.64. The predicted octanol–water partition coefficient (Wildman–Crippen LogP) is 1.59. The number of hydrogen-bond donors (Lipinski definition) is 0. The molecule has 1 saturated heterocycles. The van der Waals surface area contributed by atoms with Gasteiger partial charge in [0, 0.05) is 38.6 Å². The van der Waals surface area contributed by atoms with Gasteiger partial charge in [-0.3, -0.25) is 4.40 Å². The smallest absolute Gasteiger partial charge is 0.281 e. The summed E-state index contributed by atoms with van der Waals surface area (Å²) >= 11 is 0. The quantitative estimate of drug-likeness (QED) is 0.615. The Bertz CT molecular complexity index is 1150. The van der Waals surface area contributed by atoms with Gasteiger partial charge in [-0.1, -0.05) is 0 Å². The van der Waals surface area contributed by atoms with Gasteiger partial charge in [-0.15, -0.1) is 0 Å². The maximum atomic E-state index is 13.0. The molecule has 12 heteroatoms. The number of sulfonamides is 1. The molecule has 9 nitrogen and oxygen atoms in total. The van der Waals surface area contributed by atoms with E-state index in [4.69, 9.17) is 0 Å². The van der Waals surface area contributed by atoms with Crippen LogP contribution in [0, 0.1) is 0 Å². The Morgan fingerprint density at radius 3 is 2.76 bits per heavy atom. The van der Waals surface area contributed by atoms with Crippen molar-refractivity contribution in [1.29, 1.82) is 0 Å².